The number of nitrogens with one attached hydrogen (secondary N) is 2. The maximum absolute atomic E-state index is 11.6. The number of nitrogens with zero attached hydrogens (tertiary/aromatic N) is 4. The molecule has 8 nitrogen and oxygen atoms in total. The standard InChI is InChI=1S/C17H24N6O2/c1-4-25-16(24)13-6-8-14(9-7-13)20-15-12-19-22-17(21-15)18-10-5-11-23(2)3/h6-9,12H,4-5,10-11H2,1-3H3,(H2,18,20,21,22). The van der Waals surface area contributed by atoms with E-state index < -0.39 is 0 Å². The molecule has 0 spiro atoms. The lowest BCUT2D eigenvalue weighted by molar-refractivity contribution is 0.0526. The lowest BCUT2D eigenvalue weighted by Crippen LogP contribution is -2.17. The second-order valence-electron chi connectivity index (χ2n) is 5.67. The fourth-order valence-corrected chi connectivity index (χ4v) is 2.09. The molecule has 134 valence electrons. The zero-order valence-corrected chi connectivity index (χ0v) is 14.8. The highest BCUT2D eigenvalue weighted by molar-refractivity contribution is 5.89. The molecule has 0 saturated heterocycles. The van der Waals surface area contributed by atoms with Gasteiger partial charge in [-0.15, -0.1) is 5.10 Å². The Kier molecular flexibility index (Phi) is 7.09. The van der Waals surface area contributed by atoms with E-state index in [4.69, 9.17) is 4.74 Å². The maximum atomic E-state index is 11.6. The third-order valence-electron chi connectivity index (χ3n) is 3.29. The molecular formula is C17H24N6O2. The van der Waals surface area contributed by atoms with Gasteiger partial charge in [-0.3, -0.25) is 0 Å². The normalized spacial score (nSPS) is 10.6. The summed E-state index contributed by atoms with van der Waals surface area (Å²) in [7, 11) is 4.08. The minimum atomic E-state index is -0.332. The third kappa shape index (κ3) is 6.34. The molecule has 0 aliphatic carbocycles. The Morgan fingerprint density at radius 2 is 2.00 bits per heavy atom. The number of hydrogen-bond donors (Lipinski definition) is 2. The van der Waals surface area contributed by atoms with E-state index in [2.05, 4.69) is 30.7 Å². The second-order valence-corrected chi connectivity index (χ2v) is 5.67. The van der Waals surface area contributed by atoms with Crippen molar-refractivity contribution in [3.63, 3.8) is 0 Å². The van der Waals surface area contributed by atoms with E-state index in [9.17, 15) is 4.79 Å². The third-order valence-corrected chi connectivity index (χ3v) is 3.29. The lowest BCUT2D eigenvalue weighted by atomic mass is 10.2. The number of ether oxygens (including phenoxy) is 1. The van der Waals surface area contributed by atoms with Crippen molar-refractivity contribution < 1.29 is 9.53 Å². The van der Waals surface area contributed by atoms with Crippen LogP contribution in [0.4, 0.5) is 17.5 Å². The smallest absolute Gasteiger partial charge is 0.338 e. The molecule has 0 bridgehead atoms. The van der Waals surface area contributed by atoms with Gasteiger partial charge in [-0.05, 0) is 58.3 Å². The summed E-state index contributed by atoms with van der Waals surface area (Å²) in [5, 5.41) is 14.2. The van der Waals surface area contributed by atoms with E-state index in [1.54, 1.807) is 37.4 Å². The van der Waals surface area contributed by atoms with Crippen LogP contribution in [0, 0.1) is 0 Å². The van der Waals surface area contributed by atoms with Crippen LogP contribution in [0.3, 0.4) is 0 Å². The van der Waals surface area contributed by atoms with Gasteiger partial charge in [0, 0.05) is 12.2 Å². The highest BCUT2D eigenvalue weighted by Crippen LogP contribution is 2.15. The van der Waals surface area contributed by atoms with Crippen molar-refractivity contribution in [2.24, 2.45) is 0 Å². The Morgan fingerprint density at radius 1 is 1.24 bits per heavy atom. The summed E-state index contributed by atoms with van der Waals surface area (Å²) < 4.78 is 4.96. The number of carbonyl (C=O) groups is 1. The molecule has 0 fully saturated rings. The van der Waals surface area contributed by atoms with Gasteiger partial charge >= 0.3 is 5.97 Å². The molecule has 1 aromatic heterocycles. The van der Waals surface area contributed by atoms with Gasteiger partial charge in [-0.1, -0.05) is 0 Å². The summed E-state index contributed by atoms with van der Waals surface area (Å²) in [5.41, 5.74) is 1.31. The number of esters is 1. The van der Waals surface area contributed by atoms with E-state index in [1.165, 1.54) is 0 Å². The summed E-state index contributed by atoms with van der Waals surface area (Å²) in [6.45, 7) is 3.90. The molecule has 1 heterocycles. The van der Waals surface area contributed by atoms with Crippen molar-refractivity contribution in [2.75, 3.05) is 44.4 Å². The molecule has 0 aliphatic rings. The first-order chi connectivity index (χ1) is 12.1. The van der Waals surface area contributed by atoms with Gasteiger partial charge in [0.05, 0.1) is 18.4 Å². The van der Waals surface area contributed by atoms with Crippen LogP contribution >= 0.6 is 0 Å². The van der Waals surface area contributed by atoms with Gasteiger partial charge in [0.1, 0.15) is 0 Å². The van der Waals surface area contributed by atoms with Gasteiger partial charge < -0.3 is 20.3 Å². The fraction of sp³-hybridized carbons (Fsp3) is 0.412. The molecule has 0 unspecified atom stereocenters. The lowest BCUT2D eigenvalue weighted by Gasteiger charge is -2.10. The van der Waals surface area contributed by atoms with Gasteiger partial charge in [0.2, 0.25) is 5.95 Å². The summed E-state index contributed by atoms with van der Waals surface area (Å²) in [5.74, 6) is 0.725. The van der Waals surface area contributed by atoms with Crippen LogP contribution in [0.1, 0.15) is 23.7 Å². The number of carbonyl (C=O) groups excluding carboxylic acids is 1. The van der Waals surface area contributed by atoms with Crippen LogP contribution in [0.15, 0.2) is 30.5 Å². The second kappa shape index (κ2) is 9.53. The van der Waals surface area contributed by atoms with Crippen molar-refractivity contribution in [1.82, 2.24) is 20.1 Å². The monoisotopic (exact) mass is 344 g/mol. The van der Waals surface area contributed by atoms with E-state index in [0.29, 0.717) is 23.9 Å². The molecule has 0 saturated carbocycles. The molecule has 0 amide bonds. The van der Waals surface area contributed by atoms with E-state index >= 15 is 0 Å². The van der Waals surface area contributed by atoms with Gasteiger partial charge in [-0.25, -0.2) is 4.79 Å². The highest BCUT2D eigenvalue weighted by atomic mass is 16.5. The van der Waals surface area contributed by atoms with Gasteiger partial charge in [0.25, 0.3) is 0 Å². The molecule has 1 aromatic carbocycles. The SMILES string of the molecule is CCOC(=O)c1ccc(Nc2cnnc(NCCCN(C)C)n2)cc1. The summed E-state index contributed by atoms with van der Waals surface area (Å²) >= 11 is 0. The molecule has 8 heteroatoms. The zero-order valence-electron chi connectivity index (χ0n) is 14.8. The maximum Gasteiger partial charge on any atom is 0.338 e. The Labute approximate surface area is 147 Å². The minimum Gasteiger partial charge on any atom is -0.462 e. The topological polar surface area (TPSA) is 92.3 Å². The van der Waals surface area contributed by atoms with Gasteiger partial charge in [0.15, 0.2) is 5.82 Å². The molecule has 2 rings (SSSR count). The quantitative estimate of drug-likeness (QED) is 0.528. The number of benzene rings is 1. The summed E-state index contributed by atoms with van der Waals surface area (Å²) in [6.07, 6.45) is 2.54. The van der Waals surface area contributed by atoms with Gasteiger partial charge in [-0.2, -0.15) is 10.1 Å². The Balaban J connectivity index is 1.91. The Bertz CT molecular complexity index is 675. The average molecular weight is 344 g/mol. The Hall–Kier alpha value is -2.74. The van der Waals surface area contributed by atoms with E-state index in [1.807, 2.05) is 14.1 Å². The summed E-state index contributed by atoms with van der Waals surface area (Å²) in [6, 6.07) is 6.99. The molecular weight excluding hydrogens is 320 g/mol. The first kappa shape index (κ1) is 18.6. The van der Waals surface area contributed by atoms with Crippen molar-refractivity contribution in [3.8, 4) is 0 Å². The first-order valence-electron chi connectivity index (χ1n) is 8.21. The zero-order chi connectivity index (χ0) is 18.1. The number of anilines is 3. The van der Waals surface area contributed by atoms with Crippen LogP contribution < -0.4 is 10.6 Å². The van der Waals surface area contributed by atoms with Crippen molar-refractivity contribution in [2.45, 2.75) is 13.3 Å². The summed E-state index contributed by atoms with van der Waals surface area (Å²) in [4.78, 5) is 18.1. The van der Waals surface area contributed by atoms with E-state index in [-0.39, 0.29) is 5.97 Å². The molecule has 0 radical (unpaired) electrons. The van der Waals surface area contributed by atoms with Crippen LogP contribution in [-0.4, -0.2) is 59.8 Å². The number of aromatic nitrogens is 3. The number of hydrogen-bond acceptors (Lipinski definition) is 8. The molecule has 25 heavy (non-hydrogen) atoms. The first-order valence-corrected chi connectivity index (χ1v) is 8.21. The van der Waals surface area contributed by atoms with Crippen molar-refractivity contribution in [1.29, 1.82) is 0 Å². The minimum absolute atomic E-state index is 0.332. The van der Waals surface area contributed by atoms with Crippen molar-refractivity contribution >= 4 is 23.4 Å². The Morgan fingerprint density at radius 3 is 2.68 bits per heavy atom. The largest absolute Gasteiger partial charge is 0.462 e. The fourth-order valence-electron chi connectivity index (χ4n) is 2.09. The average Bonchev–Trinajstić information content (AvgIpc) is 2.60. The molecule has 2 aromatic rings. The van der Waals surface area contributed by atoms with Crippen LogP contribution in [0.2, 0.25) is 0 Å². The predicted molar refractivity (Wildman–Crippen MR) is 97.2 cm³/mol. The van der Waals surface area contributed by atoms with Crippen LogP contribution in [-0.2, 0) is 4.74 Å². The van der Waals surface area contributed by atoms with Crippen LogP contribution in [0.25, 0.3) is 0 Å². The van der Waals surface area contributed by atoms with Crippen LogP contribution in [0.5, 0.6) is 0 Å². The van der Waals surface area contributed by atoms with Crippen molar-refractivity contribution in [3.05, 3.63) is 36.0 Å². The molecule has 0 atom stereocenters. The molecule has 2 N–H and O–H groups in total. The molecule has 0 aliphatic heterocycles. The van der Waals surface area contributed by atoms with E-state index in [0.717, 1.165) is 25.2 Å². The highest BCUT2D eigenvalue weighted by Gasteiger charge is 2.06. The number of rotatable bonds is 9. The predicted octanol–water partition coefficient (Wildman–Crippen LogP) is 2.16.